The van der Waals surface area contributed by atoms with Gasteiger partial charge in [0.25, 0.3) is 0 Å². The van der Waals surface area contributed by atoms with Gasteiger partial charge in [-0.25, -0.2) is 9.78 Å². The standard InChI is InChI=1S/C16H13ClN2O2/c1-2-14-18-15-12(16(20)21)7-4-8-13(15)19(14)11-6-3-5-10(17)9-11/h3-9H,2H2,1H3,(H,20,21). The molecule has 3 aromatic rings. The van der Waals surface area contributed by atoms with Crippen LogP contribution in [0, 0.1) is 0 Å². The third-order valence-corrected chi connectivity index (χ3v) is 3.60. The molecular formula is C16H13ClN2O2. The van der Waals surface area contributed by atoms with E-state index in [0.29, 0.717) is 17.0 Å². The second-order valence-corrected chi connectivity index (χ2v) is 5.11. The normalized spacial score (nSPS) is 11.0. The van der Waals surface area contributed by atoms with Crippen molar-refractivity contribution in [2.45, 2.75) is 13.3 Å². The lowest BCUT2D eigenvalue weighted by Crippen LogP contribution is -2.00. The maximum atomic E-state index is 11.3. The summed E-state index contributed by atoms with van der Waals surface area (Å²) < 4.78 is 1.95. The summed E-state index contributed by atoms with van der Waals surface area (Å²) in [6.07, 6.45) is 0.695. The Kier molecular flexibility index (Phi) is 3.39. The van der Waals surface area contributed by atoms with Crippen LogP contribution in [0.3, 0.4) is 0 Å². The van der Waals surface area contributed by atoms with E-state index >= 15 is 0 Å². The summed E-state index contributed by atoms with van der Waals surface area (Å²) >= 11 is 6.06. The number of imidazole rings is 1. The number of carbonyl (C=O) groups is 1. The van der Waals surface area contributed by atoms with Crippen molar-refractivity contribution < 1.29 is 9.90 Å². The van der Waals surface area contributed by atoms with E-state index in [0.717, 1.165) is 17.0 Å². The van der Waals surface area contributed by atoms with Gasteiger partial charge >= 0.3 is 5.97 Å². The van der Waals surface area contributed by atoms with Crippen LogP contribution in [-0.2, 0) is 6.42 Å². The summed E-state index contributed by atoms with van der Waals surface area (Å²) in [6.45, 7) is 1.99. The summed E-state index contributed by atoms with van der Waals surface area (Å²) in [7, 11) is 0. The largest absolute Gasteiger partial charge is 0.478 e. The SMILES string of the molecule is CCc1nc2c(C(=O)O)cccc2n1-c1cccc(Cl)c1. The number of rotatable bonds is 3. The molecule has 1 aromatic heterocycles. The zero-order valence-electron chi connectivity index (χ0n) is 11.4. The Morgan fingerprint density at radius 2 is 2.05 bits per heavy atom. The molecule has 4 nitrogen and oxygen atoms in total. The Bertz CT molecular complexity index is 839. The number of carboxylic acids is 1. The van der Waals surface area contributed by atoms with Crippen molar-refractivity contribution in [1.82, 2.24) is 9.55 Å². The lowest BCUT2D eigenvalue weighted by molar-refractivity contribution is 0.0699. The fraction of sp³-hybridized carbons (Fsp3) is 0.125. The molecule has 3 rings (SSSR count). The fourth-order valence-electron chi connectivity index (χ4n) is 2.46. The van der Waals surface area contributed by atoms with Crippen LogP contribution in [0.4, 0.5) is 0 Å². The van der Waals surface area contributed by atoms with Gasteiger partial charge in [-0.05, 0) is 30.3 Å². The lowest BCUT2D eigenvalue weighted by atomic mass is 10.2. The molecule has 106 valence electrons. The van der Waals surface area contributed by atoms with Gasteiger partial charge in [-0.1, -0.05) is 30.7 Å². The van der Waals surface area contributed by atoms with Crippen LogP contribution >= 0.6 is 11.6 Å². The van der Waals surface area contributed by atoms with E-state index in [-0.39, 0.29) is 5.56 Å². The molecule has 2 aromatic carbocycles. The molecule has 0 radical (unpaired) electrons. The lowest BCUT2D eigenvalue weighted by Gasteiger charge is -2.08. The Balaban J connectivity index is 2.36. The van der Waals surface area contributed by atoms with Crippen LogP contribution in [-0.4, -0.2) is 20.6 Å². The number of aromatic nitrogens is 2. The molecule has 0 fully saturated rings. The average Bonchev–Trinajstić information content (AvgIpc) is 2.85. The van der Waals surface area contributed by atoms with Crippen LogP contribution in [0.15, 0.2) is 42.5 Å². The van der Waals surface area contributed by atoms with Crippen LogP contribution in [0.2, 0.25) is 5.02 Å². The first-order valence-corrected chi connectivity index (χ1v) is 6.99. The number of benzene rings is 2. The maximum Gasteiger partial charge on any atom is 0.337 e. The summed E-state index contributed by atoms with van der Waals surface area (Å²) in [5.41, 5.74) is 2.36. The van der Waals surface area contributed by atoms with E-state index in [4.69, 9.17) is 11.6 Å². The van der Waals surface area contributed by atoms with E-state index in [9.17, 15) is 9.90 Å². The molecule has 0 bridgehead atoms. The monoisotopic (exact) mass is 300 g/mol. The van der Waals surface area contributed by atoms with Gasteiger partial charge in [0.05, 0.1) is 11.1 Å². The highest BCUT2D eigenvalue weighted by atomic mass is 35.5. The first-order chi connectivity index (χ1) is 10.1. The van der Waals surface area contributed by atoms with Gasteiger partial charge in [0, 0.05) is 17.1 Å². The van der Waals surface area contributed by atoms with Gasteiger partial charge in [-0.3, -0.25) is 4.57 Å². The van der Waals surface area contributed by atoms with Gasteiger partial charge in [-0.2, -0.15) is 0 Å². The van der Waals surface area contributed by atoms with E-state index in [2.05, 4.69) is 4.98 Å². The number of fused-ring (bicyclic) bond motifs is 1. The second-order valence-electron chi connectivity index (χ2n) is 4.68. The minimum absolute atomic E-state index is 0.211. The van der Waals surface area contributed by atoms with Crippen molar-refractivity contribution in [2.75, 3.05) is 0 Å². The number of hydrogen-bond donors (Lipinski definition) is 1. The van der Waals surface area contributed by atoms with E-state index in [1.807, 2.05) is 35.8 Å². The first-order valence-electron chi connectivity index (χ1n) is 6.61. The molecule has 0 aliphatic heterocycles. The zero-order valence-corrected chi connectivity index (χ0v) is 12.1. The van der Waals surface area contributed by atoms with Crippen molar-refractivity contribution in [3.63, 3.8) is 0 Å². The van der Waals surface area contributed by atoms with Crippen LogP contribution in [0.25, 0.3) is 16.7 Å². The Hall–Kier alpha value is -2.33. The highest BCUT2D eigenvalue weighted by molar-refractivity contribution is 6.30. The van der Waals surface area contributed by atoms with E-state index < -0.39 is 5.97 Å². The number of carboxylic acid groups (broad SMARTS) is 1. The molecule has 0 unspecified atom stereocenters. The minimum Gasteiger partial charge on any atom is -0.478 e. The summed E-state index contributed by atoms with van der Waals surface area (Å²) in [5, 5.41) is 9.93. The number of hydrogen-bond acceptors (Lipinski definition) is 2. The van der Waals surface area contributed by atoms with Crippen LogP contribution in [0.5, 0.6) is 0 Å². The fourth-order valence-corrected chi connectivity index (χ4v) is 2.64. The Labute approximate surface area is 126 Å². The second kappa shape index (κ2) is 5.22. The number of aromatic carboxylic acids is 1. The molecule has 0 amide bonds. The third kappa shape index (κ3) is 2.28. The average molecular weight is 301 g/mol. The molecular weight excluding hydrogens is 288 g/mol. The van der Waals surface area contributed by atoms with Gasteiger partial charge in [-0.15, -0.1) is 0 Å². The Morgan fingerprint density at radius 1 is 1.29 bits per heavy atom. The number of halogens is 1. The van der Waals surface area contributed by atoms with Crippen molar-refractivity contribution >= 4 is 28.6 Å². The van der Waals surface area contributed by atoms with Crippen molar-refractivity contribution in [1.29, 1.82) is 0 Å². The smallest absolute Gasteiger partial charge is 0.337 e. The zero-order chi connectivity index (χ0) is 15.0. The topological polar surface area (TPSA) is 55.1 Å². The number of para-hydroxylation sites is 1. The van der Waals surface area contributed by atoms with E-state index in [1.165, 1.54) is 0 Å². The molecule has 0 aliphatic carbocycles. The van der Waals surface area contributed by atoms with Crippen LogP contribution < -0.4 is 0 Å². The van der Waals surface area contributed by atoms with Gasteiger partial charge in [0.2, 0.25) is 0 Å². The van der Waals surface area contributed by atoms with Crippen molar-refractivity contribution in [3.8, 4) is 5.69 Å². The third-order valence-electron chi connectivity index (χ3n) is 3.37. The predicted octanol–water partition coefficient (Wildman–Crippen LogP) is 3.94. The van der Waals surface area contributed by atoms with Crippen LogP contribution in [0.1, 0.15) is 23.1 Å². The minimum atomic E-state index is -0.973. The Morgan fingerprint density at radius 3 is 2.71 bits per heavy atom. The predicted molar refractivity (Wildman–Crippen MR) is 82.4 cm³/mol. The highest BCUT2D eigenvalue weighted by Gasteiger charge is 2.17. The van der Waals surface area contributed by atoms with E-state index in [1.54, 1.807) is 18.2 Å². The van der Waals surface area contributed by atoms with Gasteiger partial charge < -0.3 is 5.11 Å². The molecule has 0 atom stereocenters. The quantitative estimate of drug-likeness (QED) is 0.797. The number of aryl methyl sites for hydroxylation is 1. The van der Waals surface area contributed by atoms with Crippen molar-refractivity contribution in [2.24, 2.45) is 0 Å². The molecule has 5 heteroatoms. The summed E-state index contributed by atoms with van der Waals surface area (Å²) in [4.78, 5) is 15.8. The summed E-state index contributed by atoms with van der Waals surface area (Å²) in [6, 6.07) is 12.6. The maximum absolute atomic E-state index is 11.3. The summed E-state index contributed by atoms with van der Waals surface area (Å²) in [5.74, 6) is -0.167. The molecule has 1 N–H and O–H groups in total. The van der Waals surface area contributed by atoms with Gasteiger partial charge in [0.1, 0.15) is 11.3 Å². The van der Waals surface area contributed by atoms with Gasteiger partial charge in [0.15, 0.2) is 0 Å². The highest BCUT2D eigenvalue weighted by Crippen LogP contribution is 2.26. The molecule has 21 heavy (non-hydrogen) atoms. The molecule has 1 heterocycles. The number of nitrogens with zero attached hydrogens (tertiary/aromatic N) is 2. The molecule has 0 spiro atoms. The molecule has 0 saturated carbocycles. The molecule has 0 saturated heterocycles. The molecule has 0 aliphatic rings. The van der Waals surface area contributed by atoms with Crippen molar-refractivity contribution in [3.05, 3.63) is 58.9 Å². The first kappa shape index (κ1) is 13.6.